The number of hydrazone groups is 1. The topological polar surface area (TPSA) is 123 Å². The van der Waals surface area contributed by atoms with Gasteiger partial charge in [-0.05, 0) is 16.8 Å². The summed E-state index contributed by atoms with van der Waals surface area (Å²) < 4.78 is 1.17. The van der Waals surface area contributed by atoms with Crippen LogP contribution in [-0.4, -0.2) is 31.9 Å². The number of rotatable bonds is 4. The average Bonchev–Trinajstić information content (AvgIpc) is 2.99. The van der Waals surface area contributed by atoms with E-state index in [1.54, 1.807) is 6.07 Å². The van der Waals surface area contributed by atoms with Gasteiger partial charge in [-0.2, -0.15) is 10.2 Å². The maximum Gasteiger partial charge on any atom is 0.320 e. The Morgan fingerprint density at radius 3 is 2.88 bits per heavy atom. The van der Waals surface area contributed by atoms with E-state index >= 15 is 0 Å². The number of carbonyl (C=O) groups is 1. The van der Waals surface area contributed by atoms with Crippen LogP contribution in [0.3, 0.4) is 0 Å². The van der Waals surface area contributed by atoms with Crippen molar-refractivity contribution in [3.05, 3.63) is 64.0 Å². The Bertz CT molecular complexity index is 1010. The molecule has 1 amide bonds. The molecule has 0 bridgehead atoms. The van der Waals surface area contributed by atoms with Gasteiger partial charge in [0.25, 0.3) is 5.91 Å². The number of nitrogens with one attached hydrogen (secondary N) is 1. The second-order valence-electron chi connectivity index (χ2n) is 5.21. The maximum atomic E-state index is 12.1. The van der Waals surface area contributed by atoms with Crippen LogP contribution in [0.5, 0.6) is 5.75 Å². The van der Waals surface area contributed by atoms with E-state index in [1.807, 2.05) is 24.3 Å². The van der Waals surface area contributed by atoms with Crippen LogP contribution in [0.2, 0.25) is 0 Å². The molecule has 0 saturated carbocycles. The SMILES string of the molecule is Cn1cc([N+](=O)[O-])c(C(=O)NN=Cc2c(O)ccc3ccccc23)n1. The van der Waals surface area contributed by atoms with E-state index in [4.69, 9.17) is 0 Å². The molecule has 1 aromatic heterocycles. The summed E-state index contributed by atoms with van der Waals surface area (Å²) in [5, 5.41) is 30.1. The van der Waals surface area contributed by atoms with Crippen LogP contribution in [0.25, 0.3) is 10.8 Å². The predicted octanol–water partition coefficient (Wildman–Crippen LogP) is 1.95. The van der Waals surface area contributed by atoms with E-state index in [0.717, 1.165) is 17.0 Å². The van der Waals surface area contributed by atoms with Crippen molar-refractivity contribution in [2.75, 3.05) is 0 Å². The summed E-state index contributed by atoms with van der Waals surface area (Å²) in [6, 6.07) is 10.6. The Morgan fingerprint density at radius 2 is 2.12 bits per heavy atom. The summed E-state index contributed by atoms with van der Waals surface area (Å²) >= 11 is 0. The first-order chi connectivity index (χ1) is 12.0. The molecule has 0 saturated heterocycles. The molecule has 0 spiro atoms. The number of benzene rings is 2. The summed E-state index contributed by atoms with van der Waals surface area (Å²) in [4.78, 5) is 22.3. The highest BCUT2D eigenvalue weighted by Crippen LogP contribution is 2.25. The zero-order valence-corrected chi connectivity index (χ0v) is 13.1. The molecule has 0 radical (unpaired) electrons. The van der Waals surface area contributed by atoms with Crippen molar-refractivity contribution in [1.29, 1.82) is 0 Å². The zero-order chi connectivity index (χ0) is 18.0. The van der Waals surface area contributed by atoms with Crippen LogP contribution in [0.4, 0.5) is 5.69 Å². The lowest BCUT2D eigenvalue weighted by Crippen LogP contribution is -2.19. The van der Waals surface area contributed by atoms with Gasteiger partial charge in [0.1, 0.15) is 11.9 Å². The first kappa shape index (κ1) is 16.1. The van der Waals surface area contributed by atoms with E-state index in [9.17, 15) is 20.0 Å². The number of fused-ring (bicyclic) bond motifs is 1. The number of phenolic OH excluding ortho intramolecular Hbond substituents is 1. The first-order valence-corrected chi connectivity index (χ1v) is 7.19. The zero-order valence-electron chi connectivity index (χ0n) is 13.1. The van der Waals surface area contributed by atoms with Crippen molar-refractivity contribution in [3.63, 3.8) is 0 Å². The van der Waals surface area contributed by atoms with Crippen molar-refractivity contribution in [2.24, 2.45) is 12.1 Å². The Hall–Kier alpha value is -3.75. The van der Waals surface area contributed by atoms with E-state index in [-0.39, 0.29) is 11.4 Å². The summed E-state index contributed by atoms with van der Waals surface area (Å²) in [7, 11) is 1.47. The molecule has 9 nitrogen and oxygen atoms in total. The van der Waals surface area contributed by atoms with Crippen molar-refractivity contribution >= 4 is 28.6 Å². The summed E-state index contributed by atoms with van der Waals surface area (Å²) in [6.07, 6.45) is 2.42. The van der Waals surface area contributed by atoms with Gasteiger partial charge in [-0.3, -0.25) is 19.6 Å². The molecule has 2 N–H and O–H groups in total. The summed E-state index contributed by atoms with van der Waals surface area (Å²) in [5.41, 5.74) is 1.86. The van der Waals surface area contributed by atoms with Crippen LogP contribution < -0.4 is 5.43 Å². The molecular weight excluding hydrogens is 326 g/mol. The minimum absolute atomic E-state index is 0.000477. The van der Waals surface area contributed by atoms with Crippen molar-refractivity contribution in [3.8, 4) is 5.75 Å². The number of aryl methyl sites for hydroxylation is 1. The fraction of sp³-hybridized carbons (Fsp3) is 0.0625. The molecule has 0 aliphatic heterocycles. The van der Waals surface area contributed by atoms with Gasteiger partial charge in [0.2, 0.25) is 5.69 Å². The van der Waals surface area contributed by atoms with E-state index < -0.39 is 16.5 Å². The van der Waals surface area contributed by atoms with Gasteiger partial charge in [0.05, 0.1) is 11.1 Å². The number of phenols is 1. The quantitative estimate of drug-likeness (QED) is 0.427. The van der Waals surface area contributed by atoms with Gasteiger partial charge in [0, 0.05) is 12.6 Å². The number of aromatic hydroxyl groups is 1. The van der Waals surface area contributed by atoms with E-state index in [2.05, 4.69) is 15.6 Å². The fourth-order valence-corrected chi connectivity index (χ4v) is 2.40. The van der Waals surface area contributed by atoms with Crippen molar-refractivity contribution in [2.45, 2.75) is 0 Å². The monoisotopic (exact) mass is 339 g/mol. The molecule has 126 valence electrons. The number of hydrogen-bond acceptors (Lipinski definition) is 6. The highest BCUT2D eigenvalue weighted by molar-refractivity contribution is 6.03. The summed E-state index contributed by atoms with van der Waals surface area (Å²) in [6.45, 7) is 0. The van der Waals surface area contributed by atoms with Crippen LogP contribution in [0, 0.1) is 10.1 Å². The van der Waals surface area contributed by atoms with Gasteiger partial charge in [-0.15, -0.1) is 0 Å². The molecule has 0 aliphatic carbocycles. The average molecular weight is 339 g/mol. The standard InChI is InChI=1S/C16H13N5O4/c1-20-9-13(21(24)25)15(19-20)16(23)18-17-8-12-11-5-3-2-4-10(11)6-7-14(12)22/h2-9,22H,1H3,(H,18,23). The largest absolute Gasteiger partial charge is 0.507 e. The van der Waals surface area contributed by atoms with Crippen LogP contribution in [0.1, 0.15) is 16.1 Å². The lowest BCUT2D eigenvalue weighted by molar-refractivity contribution is -0.385. The minimum Gasteiger partial charge on any atom is -0.507 e. The normalized spacial score (nSPS) is 11.1. The van der Waals surface area contributed by atoms with Gasteiger partial charge >= 0.3 is 5.69 Å². The molecule has 2 aromatic carbocycles. The molecule has 0 aliphatic rings. The first-order valence-electron chi connectivity index (χ1n) is 7.19. The van der Waals surface area contributed by atoms with Crippen molar-refractivity contribution in [1.82, 2.24) is 15.2 Å². The highest BCUT2D eigenvalue weighted by atomic mass is 16.6. The molecule has 0 unspecified atom stereocenters. The maximum absolute atomic E-state index is 12.1. The third-order valence-corrected chi connectivity index (χ3v) is 3.53. The lowest BCUT2D eigenvalue weighted by atomic mass is 10.0. The fourth-order valence-electron chi connectivity index (χ4n) is 2.40. The summed E-state index contributed by atoms with van der Waals surface area (Å²) in [5.74, 6) is -0.816. The second-order valence-corrected chi connectivity index (χ2v) is 5.21. The minimum atomic E-state index is -0.816. The molecule has 0 fully saturated rings. The highest BCUT2D eigenvalue weighted by Gasteiger charge is 2.24. The van der Waals surface area contributed by atoms with Gasteiger partial charge < -0.3 is 5.11 Å². The van der Waals surface area contributed by atoms with Crippen molar-refractivity contribution < 1.29 is 14.8 Å². The molecule has 1 heterocycles. The molecule has 0 atom stereocenters. The van der Waals surface area contributed by atoms with Gasteiger partial charge in [-0.1, -0.05) is 30.3 Å². The second kappa shape index (κ2) is 6.40. The Labute approximate surface area is 141 Å². The number of carbonyl (C=O) groups excluding carboxylic acids is 1. The van der Waals surface area contributed by atoms with Gasteiger partial charge in [0.15, 0.2) is 0 Å². The van der Waals surface area contributed by atoms with Gasteiger partial charge in [-0.25, -0.2) is 5.43 Å². The van der Waals surface area contributed by atoms with Crippen LogP contribution in [0.15, 0.2) is 47.7 Å². The number of hydrogen-bond donors (Lipinski definition) is 2. The Morgan fingerprint density at radius 1 is 1.36 bits per heavy atom. The number of nitrogens with zero attached hydrogens (tertiary/aromatic N) is 4. The Kier molecular flexibility index (Phi) is 4.12. The van der Waals surface area contributed by atoms with E-state index in [1.165, 1.54) is 24.0 Å². The predicted molar refractivity (Wildman–Crippen MR) is 90.5 cm³/mol. The van der Waals surface area contributed by atoms with E-state index in [0.29, 0.717) is 5.56 Å². The third kappa shape index (κ3) is 3.15. The smallest absolute Gasteiger partial charge is 0.320 e. The molecular formula is C16H13N5O4. The molecule has 3 aromatic rings. The molecule has 3 rings (SSSR count). The molecule has 9 heteroatoms. The lowest BCUT2D eigenvalue weighted by Gasteiger charge is -2.04. The molecule has 25 heavy (non-hydrogen) atoms. The van der Waals surface area contributed by atoms with Crippen LogP contribution >= 0.6 is 0 Å². The number of amides is 1. The number of aromatic nitrogens is 2. The number of nitro groups is 1. The Balaban J connectivity index is 1.86. The van der Waals surface area contributed by atoms with Crippen LogP contribution in [-0.2, 0) is 7.05 Å². The third-order valence-electron chi connectivity index (χ3n) is 3.53.